The lowest BCUT2D eigenvalue weighted by Crippen LogP contribution is -1.87. The summed E-state index contributed by atoms with van der Waals surface area (Å²) in [6, 6.07) is 8.91. The van der Waals surface area contributed by atoms with Crippen LogP contribution in [0.25, 0.3) is 11.3 Å². The summed E-state index contributed by atoms with van der Waals surface area (Å²) in [6.07, 6.45) is 3.71. The van der Waals surface area contributed by atoms with Gasteiger partial charge < -0.3 is 4.42 Å². The van der Waals surface area contributed by atoms with Gasteiger partial charge in [0, 0.05) is 0 Å². The van der Waals surface area contributed by atoms with E-state index in [4.69, 9.17) is 14.9 Å². The predicted octanol–water partition coefficient (Wildman–Crippen LogP) is 1.89. The van der Waals surface area contributed by atoms with Crippen molar-refractivity contribution < 1.29 is 4.42 Å². The highest BCUT2D eigenvalue weighted by Gasteiger charge is 2.13. The highest BCUT2D eigenvalue weighted by Crippen LogP contribution is 2.26. The first-order valence-corrected chi connectivity index (χ1v) is 4.12. The summed E-state index contributed by atoms with van der Waals surface area (Å²) in [7, 11) is 0. The largest absolute Gasteiger partial charge is 0.432 e. The molecule has 4 heteroatoms. The molecule has 1 aromatic heterocycles. The SMILES string of the molecule is N#Cc1cccc(C#N)c1-c1cn[c]o1. The summed E-state index contributed by atoms with van der Waals surface area (Å²) in [6.45, 7) is 0. The van der Waals surface area contributed by atoms with E-state index in [9.17, 15) is 0 Å². The van der Waals surface area contributed by atoms with Crippen molar-refractivity contribution in [3.63, 3.8) is 0 Å². The number of oxazole rings is 1. The van der Waals surface area contributed by atoms with Crippen molar-refractivity contribution in [3.8, 4) is 23.5 Å². The maximum atomic E-state index is 8.91. The van der Waals surface area contributed by atoms with E-state index >= 15 is 0 Å². The quantitative estimate of drug-likeness (QED) is 0.694. The van der Waals surface area contributed by atoms with Crippen LogP contribution in [0, 0.1) is 29.1 Å². The summed E-state index contributed by atoms with van der Waals surface area (Å²) < 4.78 is 4.97. The Morgan fingerprint density at radius 3 is 2.33 bits per heavy atom. The summed E-state index contributed by atoms with van der Waals surface area (Å²) in [4.78, 5) is 3.64. The molecule has 15 heavy (non-hydrogen) atoms. The fourth-order valence-corrected chi connectivity index (χ4v) is 1.31. The monoisotopic (exact) mass is 194 g/mol. The topological polar surface area (TPSA) is 73.6 Å². The van der Waals surface area contributed by atoms with Gasteiger partial charge in [-0.2, -0.15) is 10.5 Å². The molecule has 0 saturated heterocycles. The highest BCUT2D eigenvalue weighted by atomic mass is 16.3. The van der Waals surface area contributed by atoms with Crippen molar-refractivity contribution in [1.82, 2.24) is 4.98 Å². The fraction of sp³-hybridized carbons (Fsp3) is 0. The molecule has 0 aliphatic carbocycles. The third-order valence-corrected chi connectivity index (χ3v) is 1.94. The maximum absolute atomic E-state index is 8.91. The van der Waals surface area contributed by atoms with E-state index in [1.54, 1.807) is 18.2 Å². The van der Waals surface area contributed by atoms with Gasteiger partial charge in [0.1, 0.15) is 0 Å². The third kappa shape index (κ3) is 1.45. The van der Waals surface area contributed by atoms with Crippen molar-refractivity contribution >= 4 is 0 Å². The normalized spacial score (nSPS) is 9.20. The predicted molar refractivity (Wildman–Crippen MR) is 50.2 cm³/mol. The molecule has 0 spiro atoms. The van der Waals surface area contributed by atoms with Crippen LogP contribution in [0.15, 0.2) is 28.8 Å². The molecule has 1 heterocycles. The smallest absolute Gasteiger partial charge is 0.284 e. The average molecular weight is 194 g/mol. The number of hydrogen-bond acceptors (Lipinski definition) is 4. The minimum Gasteiger partial charge on any atom is -0.432 e. The Bertz CT molecular complexity index is 526. The zero-order valence-corrected chi connectivity index (χ0v) is 7.56. The molecule has 0 atom stereocenters. The molecule has 0 aliphatic rings. The number of aromatic nitrogens is 1. The number of hydrogen-bond donors (Lipinski definition) is 0. The van der Waals surface area contributed by atoms with Gasteiger partial charge in [0.2, 0.25) is 0 Å². The summed E-state index contributed by atoms with van der Waals surface area (Å²) in [5.74, 6) is 0.378. The average Bonchev–Trinajstić information content (AvgIpc) is 2.81. The Morgan fingerprint density at radius 2 is 1.87 bits per heavy atom. The molecule has 0 aliphatic heterocycles. The van der Waals surface area contributed by atoms with Crippen LogP contribution in [0.3, 0.4) is 0 Å². The van der Waals surface area contributed by atoms with Gasteiger partial charge in [-0.25, -0.2) is 4.98 Å². The van der Waals surface area contributed by atoms with Gasteiger partial charge in [-0.3, -0.25) is 0 Å². The Kier molecular flexibility index (Phi) is 2.19. The molecule has 0 amide bonds. The standard InChI is InChI=1S/C11H4N3O/c12-4-8-2-1-3-9(5-13)11(8)10-6-14-7-15-10/h1-3,6H. The first-order chi connectivity index (χ1) is 7.36. The Labute approximate surface area is 86.0 Å². The Balaban J connectivity index is 2.75. The molecule has 1 radical (unpaired) electrons. The van der Waals surface area contributed by atoms with Gasteiger partial charge >= 0.3 is 0 Å². The van der Waals surface area contributed by atoms with E-state index in [2.05, 4.69) is 11.4 Å². The zero-order chi connectivity index (χ0) is 10.7. The molecule has 1 aromatic carbocycles. The molecule has 0 saturated carbocycles. The van der Waals surface area contributed by atoms with E-state index in [0.717, 1.165) is 0 Å². The van der Waals surface area contributed by atoms with Crippen LogP contribution in [0.4, 0.5) is 0 Å². The van der Waals surface area contributed by atoms with Crippen molar-refractivity contribution in [2.24, 2.45) is 0 Å². The first kappa shape index (κ1) is 8.98. The Morgan fingerprint density at radius 1 is 1.20 bits per heavy atom. The van der Waals surface area contributed by atoms with Gasteiger partial charge in [-0.1, -0.05) is 6.07 Å². The van der Waals surface area contributed by atoms with Gasteiger partial charge in [0.15, 0.2) is 5.76 Å². The minimum atomic E-state index is 0.378. The van der Waals surface area contributed by atoms with E-state index in [-0.39, 0.29) is 0 Å². The zero-order valence-electron chi connectivity index (χ0n) is 7.56. The number of rotatable bonds is 1. The molecular formula is C11H4N3O. The second kappa shape index (κ2) is 3.65. The molecule has 4 nitrogen and oxygen atoms in total. The van der Waals surface area contributed by atoms with Crippen LogP contribution < -0.4 is 0 Å². The summed E-state index contributed by atoms with van der Waals surface area (Å²) in [5, 5.41) is 17.8. The number of nitrogens with zero attached hydrogens (tertiary/aromatic N) is 3. The van der Waals surface area contributed by atoms with Crippen LogP contribution in [-0.4, -0.2) is 4.98 Å². The summed E-state index contributed by atoms with van der Waals surface area (Å²) in [5.41, 5.74) is 1.25. The van der Waals surface area contributed by atoms with Crippen molar-refractivity contribution in [1.29, 1.82) is 10.5 Å². The van der Waals surface area contributed by atoms with E-state index in [0.29, 0.717) is 22.5 Å². The second-order valence-electron chi connectivity index (χ2n) is 2.77. The highest BCUT2D eigenvalue weighted by molar-refractivity contribution is 5.72. The molecule has 0 bridgehead atoms. The van der Waals surface area contributed by atoms with E-state index in [1.165, 1.54) is 6.20 Å². The molecule has 0 fully saturated rings. The second-order valence-corrected chi connectivity index (χ2v) is 2.77. The van der Waals surface area contributed by atoms with Crippen molar-refractivity contribution in [2.45, 2.75) is 0 Å². The van der Waals surface area contributed by atoms with Crippen LogP contribution in [0.5, 0.6) is 0 Å². The van der Waals surface area contributed by atoms with Gasteiger partial charge in [0.05, 0.1) is 35.0 Å². The molecule has 0 unspecified atom stereocenters. The minimum absolute atomic E-state index is 0.378. The molecular weight excluding hydrogens is 190 g/mol. The number of nitriles is 2. The first-order valence-electron chi connectivity index (χ1n) is 4.12. The molecule has 2 rings (SSSR count). The molecule has 69 valence electrons. The lowest BCUT2D eigenvalue weighted by Gasteiger charge is -2.00. The van der Waals surface area contributed by atoms with Crippen LogP contribution in [0.1, 0.15) is 11.1 Å². The maximum Gasteiger partial charge on any atom is 0.284 e. The van der Waals surface area contributed by atoms with E-state index < -0.39 is 0 Å². The lowest BCUT2D eigenvalue weighted by atomic mass is 10.0. The lowest BCUT2D eigenvalue weighted by molar-refractivity contribution is 0.561. The fourth-order valence-electron chi connectivity index (χ4n) is 1.31. The summed E-state index contributed by atoms with van der Waals surface area (Å²) >= 11 is 0. The van der Waals surface area contributed by atoms with Gasteiger partial charge in [-0.15, -0.1) is 0 Å². The van der Waals surface area contributed by atoms with Gasteiger partial charge in [0.25, 0.3) is 6.39 Å². The van der Waals surface area contributed by atoms with Gasteiger partial charge in [-0.05, 0) is 12.1 Å². The number of benzene rings is 1. The van der Waals surface area contributed by atoms with Crippen molar-refractivity contribution in [3.05, 3.63) is 41.9 Å². The van der Waals surface area contributed by atoms with Crippen LogP contribution >= 0.6 is 0 Å². The van der Waals surface area contributed by atoms with Crippen LogP contribution in [0.2, 0.25) is 0 Å². The molecule has 0 N–H and O–H groups in total. The van der Waals surface area contributed by atoms with Crippen LogP contribution in [-0.2, 0) is 0 Å². The third-order valence-electron chi connectivity index (χ3n) is 1.94. The molecule has 2 aromatic rings. The van der Waals surface area contributed by atoms with E-state index in [1.807, 2.05) is 12.1 Å². The van der Waals surface area contributed by atoms with Crippen molar-refractivity contribution in [2.75, 3.05) is 0 Å². The Hall–Kier alpha value is -2.59.